The molecular weight excluding hydrogens is 174 g/mol. The minimum absolute atomic E-state index is 0.301. The van der Waals surface area contributed by atoms with Gasteiger partial charge in [-0.1, -0.05) is 0 Å². The molecule has 0 aliphatic carbocycles. The van der Waals surface area contributed by atoms with Crippen LogP contribution in [0.1, 0.15) is 12.7 Å². The molecule has 1 atom stereocenters. The van der Waals surface area contributed by atoms with Crippen LogP contribution in [0, 0.1) is 0 Å². The molecule has 1 aromatic rings. The summed E-state index contributed by atoms with van der Waals surface area (Å²) in [6, 6.07) is 2.10. The van der Waals surface area contributed by atoms with E-state index in [2.05, 4.69) is 15.3 Å². The van der Waals surface area contributed by atoms with Gasteiger partial charge in [-0.15, -0.1) is 11.6 Å². The molecule has 0 fully saturated rings. The zero-order chi connectivity index (χ0) is 8.81. The number of hydrogen-bond donors (Lipinski definition) is 1. The molecule has 0 spiro atoms. The van der Waals surface area contributed by atoms with Crippen molar-refractivity contribution in [1.29, 1.82) is 0 Å². The Morgan fingerprint density at radius 2 is 2.17 bits per heavy atom. The van der Waals surface area contributed by atoms with Crippen molar-refractivity contribution in [3.8, 4) is 0 Å². The maximum absolute atomic E-state index is 5.61. The first-order valence-electron chi connectivity index (χ1n) is 3.88. The van der Waals surface area contributed by atoms with Crippen LogP contribution < -0.4 is 5.32 Å². The Bertz CT molecular complexity index is 215. The second-order valence-electron chi connectivity index (χ2n) is 2.60. The Morgan fingerprint density at radius 3 is 2.75 bits per heavy atom. The van der Waals surface area contributed by atoms with E-state index < -0.39 is 0 Å². The number of aromatic nitrogens is 2. The molecule has 0 radical (unpaired) electrons. The van der Waals surface area contributed by atoms with Crippen LogP contribution in [0.5, 0.6) is 0 Å². The van der Waals surface area contributed by atoms with Crippen LogP contribution in [0.15, 0.2) is 18.5 Å². The van der Waals surface area contributed by atoms with Gasteiger partial charge >= 0.3 is 0 Å². The largest absolute Gasteiger partial charge is 0.306 e. The van der Waals surface area contributed by atoms with E-state index in [1.165, 1.54) is 0 Å². The molecule has 0 aliphatic heterocycles. The average molecular weight is 186 g/mol. The molecular formula is C8H12ClN3. The number of rotatable bonds is 4. The van der Waals surface area contributed by atoms with Crippen molar-refractivity contribution in [3.05, 3.63) is 24.3 Å². The lowest BCUT2D eigenvalue weighted by Gasteiger charge is -2.08. The molecule has 1 aromatic heterocycles. The number of nitrogens with one attached hydrogen (secondary N) is 1. The summed E-state index contributed by atoms with van der Waals surface area (Å²) in [6.45, 7) is 2.70. The first kappa shape index (κ1) is 9.42. The summed E-state index contributed by atoms with van der Waals surface area (Å²) < 4.78 is 0. The highest BCUT2D eigenvalue weighted by Gasteiger charge is 1.99. The maximum atomic E-state index is 5.61. The summed E-state index contributed by atoms with van der Waals surface area (Å²) in [4.78, 5) is 8.14. The summed E-state index contributed by atoms with van der Waals surface area (Å²) in [5, 5.41) is 3.19. The van der Waals surface area contributed by atoms with Crippen molar-refractivity contribution >= 4 is 11.6 Å². The van der Waals surface area contributed by atoms with E-state index in [0.29, 0.717) is 18.5 Å². The van der Waals surface area contributed by atoms with Gasteiger partial charge in [0.25, 0.3) is 0 Å². The Hall–Kier alpha value is -0.670. The average Bonchev–Trinajstić information content (AvgIpc) is 2.16. The van der Waals surface area contributed by atoms with E-state index >= 15 is 0 Å². The first-order valence-corrected chi connectivity index (χ1v) is 4.41. The highest BCUT2D eigenvalue weighted by Crippen LogP contribution is 1.90. The van der Waals surface area contributed by atoms with E-state index in [-0.39, 0.29) is 0 Å². The summed E-state index contributed by atoms with van der Waals surface area (Å²) in [5.74, 6) is 1.40. The number of hydrogen-bond acceptors (Lipinski definition) is 3. The number of alkyl halides is 1. The molecule has 1 heterocycles. The molecule has 3 nitrogen and oxygen atoms in total. The van der Waals surface area contributed by atoms with Crippen molar-refractivity contribution < 1.29 is 0 Å². The van der Waals surface area contributed by atoms with Crippen molar-refractivity contribution in [3.63, 3.8) is 0 Å². The van der Waals surface area contributed by atoms with Gasteiger partial charge < -0.3 is 5.32 Å². The fourth-order valence-electron chi connectivity index (χ4n) is 0.741. The lowest BCUT2D eigenvalue weighted by molar-refractivity contribution is 0.576. The van der Waals surface area contributed by atoms with E-state index in [1.54, 1.807) is 18.5 Å². The molecule has 1 unspecified atom stereocenters. The third-order valence-corrected chi connectivity index (χ3v) is 1.92. The van der Waals surface area contributed by atoms with Gasteiger partial charge in [0, 0.05) is 24.3 Å². The number of nitrogens with zero attached hydrogens (tertiary/aromatic N) is 2. The minimum atomic E-state index is 0.301. The van der Waals surface area contributed by atoms with E-state index in [0.717, 1.165) is 5.82 Å². The summed E-state index contributed by atoms with van der Waals surface area (Å²) >= 11 is 5.61. The molecule has 0 saturated carbocycles. The summed E-state index contributed by atoms with van der Waals surface area (Å²) in [5.41, 5.74) is 0. The maximum Gasteiger partial charge on any atom is 0.141 e. The highest BCUT2D eigenvalue weighted by atomic mass is 35.5. The van der Waals surface area contributed by atoms with Gasteiger partial charge in [0.1, 0.15) is 5.82 Å². The molecule has 1 N–H and O–H groups in total. The third-order valence-electron chi connectivity index (χ3n) is 1.46. The Morgan fingerprint density at radius 1 is 1.50 bits per heavy atom. The SMILES string of the molecule is CC(CCl)NCc1ncccn1. The van der Waals surface area contributed by atoms with Crippen molar-refractivity contribution in [1.82, 2.24) is 15.3 Å². The van der Waals surface area contributed by atoms with Crippen LogP contribution in [-0.2, 0) is 6.54 Å². The fraction of sp³-hybridized carbons (Fsp3) is 0.500. The molecule has 0 aromatic carbocycles. The van der Waals surface area contributed by atoms with Crippen LogP contribution in [-0.4, -0.2) is 21.9 Å². The molecule has 0 aliphatic rings. The monoisotopic (exact) mass is 185 g/mol. The summed E-state index contributed by atoms with van der Waals surface area (Å²) in [7, 11) is 0. The first-order chi connectivity index (χ1) is 5.83. The Kier molecular flexibility index (Phi) is 3.97. The lowest BCUT2D eigenvalue weighted by Crippen LogP contribution is -2.27. The predicted molar refractivity (Wildman–Crippen MR) is 49.1 cm³/mol. The normalized spacial score (nSPS) is 12.8. The standard InChI is InChI=1S/C8H12ClN3/c1-7(5-9)12-6-8-10-3-2-4-11-8/h2-4,7,12H,5-6H2,1H3. The van der Waals surface area contributed by atoms with Gasteiger partial charge in [0.05, 0.1) is 6.54 Å². The van der Waals surface area contributed by atoms with Crippen molar-refractivity contribution in [2.75, 3.05) is 5.88 Å². The number of halogens is 1. The Balaban J connectivity index is 2.33. The highest BCUT2D eigenvalue weighted by molar-refractivity contribution is 6.18. The molecule has 4 heteroatoms. The molecule has 1 rings (SSSR count). The van der Waals surface area contributed by atoms with Crippen LogP contribution in [0.25, 0.3) is 0 Å². The van der Waals surface area contributed by atoms with Crippen LogP contribution in [0.4, 0.5) is 0 Å². The van der Waals surface area contributed by atoms with Crippen LogP contribution >= 0.6 is 11.6 Å². The van der Waals surface area contributed by atoms with Crippen LogP contribution in [0.2, 0.25) is 0 Å². The van der Waals surface area contributed by atoms with Gasteiger partial charge in [-0.2, -0.15) is 0 Å². The van der Waals surface area contributed by atoms with Gasteiger partial charge in [-0.3, -0.25) is 0 Å². The van der Waals surface area contributed by atoms with Gasteiger partial charge in [0.2, 0.25) is 0 Å². The quantitative estimate of drug-likeness (QED) is 0.717. The zero-order valence-corrected chi connectivity index (χ0v) is 7.75. The predicted octanol–water partition coefficient (Wildman–Crippen LogP) is 1.19. The summed E-state index contributed by atoms with van der Waals surface area (Å²) in [6.07, 6.45) is 3.46. The fourth-order valence-corrected chi connectivity index (χ4v) is 0.850. The Labute approximate surface area is 77.2 Å². The molecule has 0 bridgehead atoms. The third kappa shape index (κ3) is 3.15. The smallest absolute Gasteiger partial charge is 0.141 e. The second-order valence-corrected chi connectivity index (χ2v) is 2.91. The minimum Gasteiger partial charge on any atom is -0.306 e. The lowest BCUT2D eigenvalue weighted by atomic mass is 10.4. The molecule has 0 saturated heterocycles. The van der Waals surface area contributed by atoms with Crippen LogP contribution in [0.3, 0.4) is 0 Å². The van der Waals surface area contributed by atoms with Gasteiger partial charge in [-0.05, 0) is 13.0 Å². The van der Waals surface area contributed by atoms with E-state index in [1.807, 2.05) is 6.92 Å². The zero-order valence-electron chi connectivity index (χ0n) is 7.00. The van der Waals surface area contributed by atoms with E-state index in [4.69, 9.17) is 11.6 Å². The topological polar surface area (TPSA) is 37.8 Å². The molecule has 66 valence electrons. The van der Waals surface area contributed by atoms with Gasteiger partial charge in [0.15, 0.2) is 0 Å². The second kappa shape index (κ2) is 5.06. The molecule has 12 heavy (non-hydrogen) atoms. The van der Waals surface area contributed by atoms with E-state index in [9.17, 15) is 0 Å². The molecule has 0 amide bonds. The van der Waals surface area contributed by atoms with Crippen molar-refractivity contribution in [2.24, 2.45) is 0 Å². The van der Waals surface area contributed by atoms with Crippen molar-refractivity contribution in [2.45, 2.75) is 19.5 Å². The van der Waals surface area contributed by atoms with Gasteiger partial charge in [-0.25, -0.2) is 9.97 Å².